The Kier molecular flexibility index (Phi) is 5.61. The van der Waals surface area contributed by atoms with Crippen LogP contribution in [0.3, 0.4) is 0 Å². The summed E-state index contributed by atoms with van der Waals surface area (Å²) < 4.78 is 6.19. The van der Waals surface area contributed by atoms with Gasteiger partial charge < -0.3 is 10.5 Å². The van der Waals surface area contributed by atoms with Gasteiger partial charge in [-0.3, -0.25) is 4.79 Å². The summed E-state index contributed by atoms with van der Waals surface area (Å²) in [6.07, 6.45) is 0.835. The van der Waals surface area contributed by atoms with Crippen LogP contribution in [0, 0.1) is 0 Å². The maximum atomic E-state index is 12.1. The van der Waals surface area contributed by atoms with Crippen molar-refractivity contribution < 1.29 is 9.53 Å². The Balaban J connectivity index is 2.39. The molecule has 0 aliphatic carbocycles. The lowest BCUT2D eigenvalue weighted by Gasteiger charge is -2.25. The number of hydrogen-bond acceptors (Lipinski definition) is 2. The minimum Gasteiger partial charge on any atom is -0.497 e. The molecule has 2 aromatic rings. The standard InChI is InChI=1S/C18H20BrNO2/c1-3-16(12-4-8-14(19)9-5-12)17(18(20)21)13-6-10-15(22-2)11-7-13/h4-11,16-17H,3H2,1-2H3,(H2,20,21). The Morgan fingerprint density at radius 2 is 1.64 bits per heavy atom. The van der Waals surface area contributed by atoms with Gasteiger partial charge >= 0.3 is 0 Å². The van der Waals surface area contributed by atoms with Gasteiger partial charge in [-0.2, -0.15) is 0 Å². The monoisotopic (exact) mass is 361 g/mol. The van der Waals surface area contributed by atoms with Crippen molar-refractivity contribution in [3.8, 4) is 5.75 Å². The molecule has 0 aliphatic heterocycles. The summed E-state index contributed by atoms with van der Waals surface area (Å²) in [5.41, 5.74) is 7.74. The first kappa shape index (κ1) is 16.6. The summed E-state index contributed by atoms with van der Waals surface area (Å²) >= 11 is 3.44. The van der Waals surface area contributed by atoms with Crippen molar-refractivity contribution in [1.82, 2.24) is 0 Å². The second-order valence-corrected chi connectivity index (χ2v) is 6.14. The van der Waals surface area contributed by atoms with E-state index in [-0.39, 0.29) is 17.7 Å². The molecule has 0 aromatic heterocycles. The number of amides is 1. The molecule has 0 bridgehead atoms. The lowest BCUT2D eigenvalue weighted by molar-refractivity contribution is -0.120. The fourth-order valence-electron chi connectivity index (χ4n) is 2.78. The van der Waals surface area contributed by atoms with Crippen molar-refractivity contribution in [1.29, 1.82) is 0 Å². The third-order valence-corrected chi connectivity index (χ3v) is 4.45. The molecule has 0 heterocycles. The normalized spacial score (nSPS) is 13.4. The zero-order valence-electron chi connectivity index (χ0n) is 12.8. The lowest BCUT2D eigenvalue weighted by Crippen LogP contribution is -2.26. The van der Waals surface area contributed by atoms with Gasteiger partial charge in [-0.05, 0) is 47.7 Å². The highest BCUT2D eigenvalue weighted by molar-refractivity contribution is 9.10. The van der Waals surface area contributed by atoms with E-state index in [1.54, 1.807) is 7.11 Å². The average Bonchev–Trinajstić information content (AvgIpc) is 2.53. The second kappa shape index (κ2) is 7.45. The van der Waals surface area contributed by atoms with E-state index in [0.717, 1.165) is 27.8 Å². The van der Waals surface area contributed by atoms with Crippen molar-refractivity contribution in [3.63, 3.8) is 0 Å². The molecule has 2 aromatic carbocycles. The minimum atomic E-state index is -0.350. The Morgan fingerprint density at radius 3 is 2.09 bits per heavy atom. The number of halogens is 1. The Bertz CT molecular complexity index is 623. The number of benzene rings is 2. The van der Waals surface area contributed by atoms with E-state index in [4.69, 9.17) is 10.5 Å². The van der Waals surface area contributed by atoms with Gasteiger partial charge in [0.2, 0.25) is 5.91 Å². The van der Waals surface area contributed by atoms with E-state index in [2.05, 4.69) is 22.9 Å². The lowest BCUT2D eigenvalue weighted by atomic mass is 9.79. The van der Waals surface area contributed by atoms with Crippen molar-refractivity contribution in [2.24, 2.45) is 5.73 Å². The molecule has 0 aliphatic rings. The molecule has 22 heavy (non-hydrogen) atoms. The summed E-state index contributed by atoms with van der Waals surface area (Å²) in [6.45, 7) is 2.08. The molecule has 0 fully saturated rings. The average molecular weight is 362 g/mol. The fraction of sp³-hybridized carbons (Fsp3) is 0.278. The molecule has 0 radical (unpaired) electrons. The van der Waals surface area contributed by atoms with Crippen molar-refractivity contribution >= 4 is 21.8 Å². The summed E-state index contributed by atoms with van der Waals surface area (Å²) in [7, 11) is 1.62. The van der Waals surface area contributed by atoms with Crippen LogP contribution in [-0.2, 0) is 4.79 Å². The van der Waals surface area contributed by atoms with Crippen molar-refractivity contribution in [3.05, 3.63) is 64.1 Å². The molecule has 3 nitrogen and oxygen atoms in total. The summed E-state index contributed by atoms with van der Waals surface area (Å²) in [5, 5.41) is 0. The van der Waals surface area contributed by atoms with Gasteiger partial charge in [0.05, 0.1) is 13.0 Å². The van der Waals surface area contributed by atoms with Crippen LogP contribution in [0.15, 0.2) is 53.0 Å². The highest BCUT2D eigenvalue weighted by atomic mass is 79.9. The van der Waals surface area contributed by atoms with Crippen LogP contribution in [0.1, 0.15) is 36.3 Å². The molecule has 0 saturated carbocycles. The molecule has 2 rings (SSSR count). The SMILES string of the molecule is CCC(c1ccc(Br)cc1)C(C(N)=O)c1ccc(OC)cc1. The number of ether oxygens (including phenoxy) is 1. The van der Waals surface area contributed by atoms with Crippen LogP contribution >= 0.6 is 15.9 Å². The van der Waals surface area contributed by atoms with Crippen molar-refractivity contribution in [2.75, 3.05) is 7.11 Å². The van der Waals surface area contributed by atoms with Gasteiger partial charge in [0.15, 0.2) is 0 Å². The van der Waals surface area contributed by atoms with E-state index in [1.807, 2.05) is 48.5 Å². The molecule has 0 spiro atoms. The molecule has 4 heteroatoms. The quantitative estimate of drug-likeness (QED) is 0.837. The second-order valence-electron chi connectivity index (χ2n) is 5.22. The Hall–Kier alpha value is -1.81. The maximum absolute atomic E-state index is 12.1. The van der Waals surface area contributed by atoms with Crippen LogP contribution in [0.4, 0.5) is 0 Å². The number of nitrogens with two attached hydrogens (primary N) is 1. The van der Waals surface area contributed by atoms with Crippen molar-refractivity contribution in [2.45, 2.75) is 25.2 Å². The Labute approximate surface area is 139 Å². The highest BCUT2D eigenvalue weighted by Gasteiger charge is 2.28. The van der Waals surface area contributed by atoms with E-state index >= 15 is 0 Å². The summed E-state index contributed by atoms with van der Waals surface area (Å²) in [5.74, 6) is 0.166. The topological polar surface area (TPSA) is 52.3 Å². The third kappa shape index (κ3) is 3.69. The molecule has 1 amide bonds. The fourth-order valence-corrected chi connectivity index (χ4v) is 3.04. The molecule has 2 atom stereocenters. The molecule has 2 unspecified atom stereocenters. The smallest absolute Gasteiger partial charge is 0.225 e. The number of carbonyl (C=O) groups is 1. The first-order chi connectivity index (χ1) is 10.6. The summed E-state index contributed by atoms with van der Waals surface area (Å²) in [6, 6.07) is 15.6. The first-order valence-corrected chi connectivity index (χ1v) is 8.04. The van der Waals surface area contributed by atoms with Gasteiger partial charge in [0, 0.05) is 4.47 Å². The van der Waals surface area contributed by atoms with Gasteiger partial charge in [-0.25, -0.2) is 0 Å². The van der Waals surface area contributed by atoms with E-state index in [9.17, 15) is 4.79 Å². The molecule has 2 N–H and O–H groups in total. The van der Waals surface area contributed by atoms with E-state index < -0.39 is 0 Å². The van der Waals surface area contributed by atoms with Gasteiger partial charge in [0.25, 0.3) is 0 Å². The van der Waals surface area contributed by atoms with Crippen LogP contribution in [-0.4, -0.2) is 13.0 Å². The maximum Gasteiger partial charge on any atom is 0.225 e. The number of primary amides is 1. The Morgan fingerprint density at radius 1 is 1.09 bits per heavy atom. The number of hydrogen-bond donors (Lipinski definition) is 1. The third-order valence-electron chi connectivity index (χ3n) is 3.92. The van der Waals surface area contributed by atoms with Crippen LogP contribution in [0.25, 0.3) is 0 Å². The zero-order chi connectivity index (χ0) is 16.1. The first-order valence-electron chi connectivity index (χ1n) is 7.25. The van der Waals surface area contributed by atoms with Gasteiger partial charge in [-0.1, -0.05) is 47.1 Å². The minimum absolute atomic E-state index is 0.0546. The van der Waals surface area contributed by atoms with E-state index in [0.29, 0.717) is 0 Å². The molecular weight excluding hydrogens is 342 g/mol. The predicted molar refractivity (Wildman–Crippen MR) is 92.1 cm³/mol. The molecule has 116 valence electrons. The van der Waals surface area contributed by atoms with Gasteiger partial charge in [-0.15, -0.1) is 0 Å². The largest absolute Gasteiger partial charge is 0.497 e. The zero-order valence-corrected chi connectivity index (χ0v) is 14.3. The summed E-state index contributed by atoms with van der Waals surface area (Å²) in [4.78, 5) is 12.1. The van der Waals surface area contributed by atoms with E-state index in [1.165, 1.54) is 0 Å². The van der Waals surface area contributed by atoms with Crippen LogP contribution < -0.4 is 10.5 Å². The van der Waals surface area contributed by atoms with Crippen LogP contribution in [0.5, 0.6) is 5.75 Å². The molecule has 0 saturated heterocycles. The number of methoxy groups -OCH3 is 1. The van der Waals surface area contributed by atoms with Crippen LogP contribution in [0.2, 0.25) is 0 Å². The van der Waals surface area contributed by atoms with Gasteiger partial charge in [0.1, 0.15) is 5.75 Å². The highest BCUT2D eigenvalue weighted by Crippen LogP contribution is 2.36. The number of carbonyl (C=O) groups excluding carboxylic acids is 1. The predicted octanol–water partition coefficient (Wildman–Crippen LogP) is 4.22. The number of rotatable bonds is 6. The molecular formula is C18H20BrNO2.